The Balaban J connectivity index is 2.56. The summed E-state index contributed by atoms with van der Waals surface area (Å²) in [5, 5.41) is 3.71. The molecule has 0 saturated heterocycles. The number of rotatable bonds is 8. The number of hydrogen-bond acceptors (Lipinski definition) is 2. The van der Waals surface area contributed by atoms with E-state index in [2.05, 4.69) is 38.0 Å². The lowest BCUT2D eigenvalue weighted by atomic mass is 9.79. The molecule has 0 bridgehead atoms. The topological polar surface area (TPSA) is 15.3 Å². The largest absolute Gasteiger partial charge is 0.316 e. The number of hydrogen-bond donors (Lipinski definition) is 1. The fourth-order valence-corrected chi connectivity index (χ4v) is 3.66. The SMILES string of the molecule is CCCNCC1(CN(C)CC(C)C)CCCCCC1. The Morgan fingerprint density at radius 2 is 1.74 bits per heavy atom. The molecule has 0 amide bonds. The lowest BCUT2D eigenvalue weighted by Gasteiger charge is -2.37. The minimum absolute atomic E-state index is 0.537. The molecule has 1 fully saturated rings. The molecule has 114 valence electrons. The van der Waals surface area contributed by atoms with Crippen LogP contribution in [0.4, 0.5) is 0 Å². The predicted molar refractivity (Wildman–Crippen MR) is 85.6 cm³/mol. The van der Waals surface area contributed by atoms with Gasteiger partial charge in [-0.1, -0.05) is 46.5 Å². The van der Waals surface area contributed by atoms with Gasteiger partial charge in [-0.2, -0.15) is 0 Å². The third kappa shape index (κ3) is 6.76. The summed E-state index contributed by atoms with van der Waals surface area (Å²) in [4.78, 5) is 2.57. The summed E-state index contributed by atoms with van der Waals surface area (Å²) in [6, 6.07) is 0. The molecule has 1 N–H and O–H groups in total. The van der Waals surface area contributed by atoms with E-state index in [1.54, 1.807) is 0 Å². The first kappa shape index (κ1) is 17.0. The molecule has 0 radical (unpaired) electrons. The van der Waals surface area contributed by atoms with Crippen molar-refractivity contribution < 1.29 is 0 Å². The van der Waals surface area contributed by atoms with Gasteiger partial charge in [-0.05, 0) is 44.2 Å². The molecule has 1 rings (SSSR count). The maximum absolute atomic E-state index is 3.71. The first-order valence-electron chi connectivity index (χ1n) is 8.47. The summed E-state index contributed by atoms with van der Waals surface area (Å²) in [6.45, 7) is 11.8. The number of nitrogens with zero attached hydrogens (tertiary/aromatic N) is 1. The average molecular weight is 268 g/mol. The first-order valence-corrected chi connectivity index (χ1v) is 8.47. The molecule has 0 unspecified atom stereocenters. The Hall–Kier alpha value is -0.0800. The van der Waals surface area contributed by atoms with E-state index in [4.69, 9.17) is 0 Å². The fraction of sp³-hybridized carbons (Fsp3) is 1.00. The molecule has 0 atom stereocenters. The van der Waals surface area contributed by atoms with E-state index in [9.17, 15) is 0 Å². The van der Waals surface area contributed by atoms with E-state index < -0.39 is 0 Å². The molecular weight excluding hydrogens is 232 g/mol. The molecule has 1 saturated carbocycles. The van der Waals surface area contributed by atoms with Gasteiger partial charge in [0.1, 0.15) is 0 Å². The molecule has 0 aromatic rings. The van der Waals surface area contributed by atoms with E-state index in [-0.39, 0.29) is 0 Å². The zero-order valence-corrected chi connectivity index (χ0v) is 13.8. The van der Waals surface area contributed by atoms with Gasteiger partial charge in [0, 0.05) is 19.6 Å². The summed E-state index contributed by atoms with van der Waals surface area (Å²) in [6.07, 6.45) is 9.86. The van der Waals surface area contributed by atoms with Crippen LogP contribution in [-0.2, 0) is 0 Å². The summed E-state index contributed by atoms with van der Waals surface area (Å²) >= 11 is 0. The Labute approximate surface area is 121 Å². The van der Waals surface area contributed by atoms with Gasteiger partial charge >= 0.3 is 0 Å². The molecule has 0 aromatic carbocycles. The van der Waals surface area contributed by atoms with Crippen molar-refractivity contribution in [1.82, 2.24) is 10.2 Å². The second-order valence-electron chi connectivity index (χ2n) is 7.18. The molecule has 0 aliphatic heterocycles. The minimum atomic E-state index is 0.537. The van der Waals surface area contributed by atoms with E-state index >= 15 is 0 Å². The van der Waals surface area contributed by atoms with Gasteiger partial charge in [0.25, 0.3) is 0 Å². The highest BCUT2D eigenvalue weighted by atomic mass is 15.1. The van der Waals surface area contributed by atoms with Crippen LogP contribution in [0, 0.1) is 11.3 Å². The minimum Gasteiger partial charge on any atom is -0.316 e. The Morgan fingerprint density at radius 3 is 2.26 bits per heavy atom. The highest BCUT2D eigenvalue weighted by Gasteiger charge is 2.31. The van der Waals surface area contributed by atoms with Crippen LogP contribution >= 0.6 is 0 Å². The van der Waals surface area contributed by atoms with E-state index in [1.165, 1.54) is 71.1 Å². The van der Waals surface area contributed by atoms with Crippen LogP contribution in [-0.4, -0.2) is 38.1 Å². The van der Waals surface area contributed by atoms with Crippen LogP contribution in [0.25, 0.3) is 0 Å². The van der Waals surface area contributed by atoms with Gasteiger partial charge < -0.3 is 10.2 Å². The van der Waals surface area contributed by atoms with Crippen LogP contribution in [0.1, 0.15) is 65.7 Å². The molecule has 2 heteroatoms. The van der Waals surface area contributed by atoms with E-state index in [0.29, 0.717) is 5.41 Å². The third-order valence-corrected chi connectivity index (χ3v) is 4.37. The Kier molecular flexibility index (Phi) is 8.01. The molecule has 1 aliphatic rings. The van der Waals surface area contributed by atoms with Crippen LogP contribution in [0.2, 0.25) is 0 Å². The van der Waals surface area contributed by atoms with Gasteiger partial charge in [-0.25, -0.2) is 0 Å². The third-order valence-electron chi connectivity index (χ3n) is 4.37. The van der Waals surface area contributed by atoms with Gasteiger partial charge in [0.15, 0.2) is 0 Å². The first-order chi connectivity index (χ1) is 9.08. The molecule has 1 aliphatic carbocycles. The second kappa shape index (κ2) is 8.97. The monoisotopic (exact) mass is 268 g/mol. The maximum Gasteiger partial charge on any atom is 0.00472 e. The van der Waals surface area contributed by atoms with Gasteiger partial charge in [-0.15, -0.1) is 0 Å². The van der Waals surface area contributed by atoms with Crippen LogP contribution in [0.3, 0.4) is 0 Å². The lowest BCUT2D eigenvalue weighted by molar-refractivity contribution is 0.137. The Morgan fingerprint density at radius 1 is 1.11 bits per heavy atom. The van der Waals surface area contributed by atoms with Crippen LogP contribution in [0.15, 0.2) is 0 Å². The quantitative estimate of drug-likeness (QED) is 0.530. The van der Waals surface area contributed by atoms with Gasteiger partial charge in [0.05, 0.1) is 0 Å². The number of nitrogens with one attached hydrogen (secondary N) is 1. The molecule has 19 heavy (non-hydrogen) atoms. The molecule has 0 heterocycles. The highest BCUT2D eigenvalue weighted by molar-refractivity contribution is 4.86. The standard InChI is InChI=1S/C17H36N2/c1-5-12-18-14-17(10-8-6-7-9-11-17)15-19(4)13-16(2)3/h16,18H,5-15H2,1-4H3. The fourth-order valence-electron chi connectivity index (χ4n) is 3.66. The Bertz CT molecular complexity index is 217. The van der Waals surface area contributed by atoms with Crippen molar-refractivity contribution in [2.45, 2.75) is 65.7 Å². The van der Waals surface area contributed by atoms with Crippen molar-refractivity contribution in [2.75, 3.05) is 33.2 Å². The van der Waals surface area contributed by atoms with Gasteiger partial charge in [-0.3, -0.25) is 0 Å². The van der Waals surface area contributed by atoms with Gasteiger partial charge in [0.2, 0.25) is 0 Å². The van der Waals surface area contributed by atoms with Crippen LogP contribution in [0.5, 0.6) is 0 Å². The van der Waals surface area contributed by atoms with Crippen molar-refractivity contribution >= 4 is 0 Å². The summed E-state index contributed by atoms with van der Waals surface area (Å²) < 4.78 is 0. The maximum atomic E-state index is 3.71. The zero-order chi connectivity index (χ0) is 14.1. The van der Waals surface area contributed by atoms with E-state index in [1.807, 2.05) is 0 Å². The summed E-state index contributed by atoms with van der Waals surface area (Å²) in [5.41, 5.74) is 0.537. The zero-order valence-electron chi connectivity index (χ0n) is 13.8. The van der Waals surface area contributed by atoms with Crippen molar-refractivity contribution in [2.24, 2.45) is 11.3 Å². The summed E-state index contributed by atoms with van der Waals surface area (Å²) in [7, 11) is 2.31. The molecule has 2 nitrogen and oxygen atoms in total. The normalized spacial score (nSPS) is 19.9. The smallest absolute Gasteiger partial charge is 0.00472 e. The van der Waals surface area contributed by atoms with Crippen molar-refractivity contribution in [3.8, 4) is 0 Å². The van der Waals surface area contributed by atoms with Crippen LogP contribution < -0.4 is 5.32 Å². The molecule has 0 spiro atoms. The second-order valence-corrected chi connectivity index (χ2v) is 7.18. The van der Waals surface area contributed by atoms with E-state index in [0.717, 1.165) is 5.92 Å². The van der Waals surface area contributed by atoms with Crippen molar-refractivity contribution in [1.29, 1.82) is 0 Å². The highest BCUT2D eigenvalue weighted by Crippen LogP contribution is 2.35. The van der Waals surface area contributed by atoms with Crippen molar-refractivity contribution in [3.63, 3.8) is 0 Å². The lowest BCUT2D eigenvalue weighted by Crippen LogP contribution is -2.44. The molecular formula is C17H36N2. The summed E-state index contributed by atoms with van der Waals surface area (Å²) in [5.74, 6) is 0.774. The van der Waals surface area contributed by atoms with Crippen molar-refractivity contribution in [3.05, 3.63) is 0 Å². The predicted octanol–water partition coefficient (Wildman–Crippen LogP) is 3.91. The average Bonchev–Trinajstić information content (AvgIpc) is 2.54. The molecule has 0 aromatic heterocycles.